The molecule has 0 bridgehead atoms. The van der Waals surface area contributed by atoms with Crippen LogP contribution in [-0.2, 0) is 9.59 Å². The fraction of sp³-hybridized carbons (Fsp3) is 0.840. The molecule has 0 unspecified atom stereocenters. The fourth-order valence-corrected chi connectivity index (χ4v) is 7.65. The Morgan fingerprint density at radius 2 is 1.74 bits per heavy atom. The highest BCUT2D eigenvalue weighted by Crippen LogP contribution is 2.65. The molecule has 0 saturated heterocycles. The number of hydrogen-bond donors (Lipinski definition) is 0. The van der Waals surface area contributed by atoms with Crippen LogP contribution in [0.25, 0.3) is 0 Å². The van der Waals surface area contributed by atoms with Crippen molar-refractivity contribution in [2.45, 2.75) is 97.8 Å². The Morgan fingerprint density at radius 3 is 2.52 bits per heavy atom. The van der Waals surface area contributed by atoms with Crippen LogP contribution in [0.2, 0.25) is 0 Å². The fourth-order valence-electron chi connectivity index (χ4n) is 7.65. The highest BCUT2D eigenvalue weighted by atomic mass is 16.1. The first kappa shape index (κ1) is 19.4. The summed E-state index contributed by atoms with van der Waals surface area (Å²) in [6.45, 7) is 7.02. The van der Waals surface area contributed by atoms with E-state index in [-0.39, 0.29) is 10.8 Å². The summed E-state index contributed by atoms with van der Waals surface area (Å²) < 4.78 is 0. The van der Waals surface area contributed by atoms with Crippen LogP contribution in [0, 0.1) is 34.5 Å². The van der Waals surface area contributed by atoms with Gasteiger partial charge in [0.15, 0.2) is 5.78 Å². The number of carbonyl (C=O) groups is 2. The molecule has 4 aliphatic rings. The molecule has 4 aliphatic carbocycles. The molecule has 0 spiro atoms. The Hall–Kier alpha value is -0.920. The third-order valence-corrected chi connectivity index (χ3v) is 9.23. The minimum absolute atomic E-state index is 0.0456. The summed E-state index contributed by atoms with van der Waals surface area (Å²) >= 11 is 0. The van der Waals surface area contributed by atoms with Gasteiger partial charge in [-0.15, -0.1) is 0 Å². The zero-order valence-electron chi connectivity index (χ0n) is 17.7. The van der Waals surface area contributed by atoms with Gasteiger partial charge in [-0.05, 0) is 73.7 Å². The van der Waals surface area contributed by atoms with Crippen molar-refractivity contribution in [2.75, 3.05) is 0 Å². The lowest BCUT2D eigenvalue weighted by molar-refractivity contribution is -0.133. The molecule has 6 atom stereocenters. The highest BCUT2D eigenvalue weighted by molar-refractivity contribution is 5.92. The van der Waals surface area contributed by atoms with Crippen LogP contribution < -0.4 is 0 Å². The SMILES string of the molecule is CCCCCC[C@H]1C[C@@H]2[C@H](CC[C@]3(C)C(=O)CC[C@@H]23)[C@@]2(C)CCC(=O)C=C12. The van der Waals surface area contributed by atoms with Crippen molar-refractivity contribution in [3.05, 3.63) is 11.6 Å². The Labute approximate surface area is 165 Å². The Kier molecular flexibility index (Phi) is 5.14. The predicted octanol–water partition coefficient (Wildman–Crippen LogP) is 6.28. The molecule has 2 nitrogen and oxygen atoms in total. The molecule has 150 valence electrons. The summed E-state index contributed by atoms with van der Waals surface area (Å²) in [5.74, 6) is 3.45. The maximum absolute atomic E-state index is 12.7. The maximum Gasteiger partial charge on any atom is 0.155 e. The zero-order chi connectivity index (χ0) is 19.2. The van der Waals surface area contributed by atoms with Crippen molar-refractivity contribution in [3.63, 3.8) is 0 Å². The largest absolute Gasteiger partial charge is 0.299 e. The number of rotatable bonds is 5. The second-order valence-corrected chi connectivity index (χ2v) is 10.6. The van der Waals surface area contributed by atoms with E-state index in [1.54, 1.807) is 0 Å². The summed E-state index contributed by atoms with van der Waals surface area (Å²) in [4.78, 5) is 25.0. The lowest BCUT2D eigenvalue weighted by Gasteiger charge is -2.59. The molecule has 27 heavy (non-hydrogen) atoms. The molecule has 0 aliphatic heterocycles. The van der Waals surface area contributed by atoms with Crippen LogP contribution >= 0.6 is 0 Å². The number of fused-ring (bicyclic) bond motifs is 5. The van der Waals surface area contributed by atoms with E-state index in [0.29, 0.717) is 35.2 Å². The standard InChI is InChI=1S/C25H38O2/c1-4-5-6-7-8-17-15-19-20-9-10-23(27)25(20,3)14-12-21(19)24(2)13-11-18(26)16-22(17)24/h16-17,19-21H,4-15H2,1-3H3/t17-,19-,20-,21-,24+,25-/m0/s1. The number of allylic oxidation sites excluding steroid dienone is 1. The molecule has 2 heteroatoms. The quantitative estimate of drug-likeness (QED) is 0.533. The second kappa shape index (κ2) is 7.16. The number of ketones is 2. The summed E-state index contributed by atoms with van der Waals surface area (Å²) in [6, 6.07) is 0. The Bertz CT molecular complexity index is 647. The van der Waals surface area contributed by atoms with Crippen molar-refractivity contribution >= 4 is 11.6 Å². The lowest BCUT2D eigenvalue weighted by Crippen LogP contribution is -2.52. The van der Waals surface area contributed by atoms with Gasteiger partial charge < -0.3 is 0 Å². The van der Waals surface area contributed by atoms with E-state index in [1.165, 1.54) is 50.5 Å². The number of hydrogen-bond acceptors (Lipinski definition) is 2. The van der Waals surface area contributed by atoms with Crippen molar-refractivity contribution in [1.29, 1.82) is 0 Å². The van der Waals surface area contributed by atoms with Crippen molar-refractivity contribution in [2.24, 2.45) is 34.5 Å². The summed E-state index contributed by atoms with van der Waals surface area (Å²) in [7, 11) is 0. The Balaban J connectivity index is 1.63. The monoisotopic (exact) mass is 370 g/mol. The number of carbonyl (C=O) groups excluding carboxylic acids is 2. The average molecular weight is 371 g/mol. The van der Waals surface area contributed by atoms with Gasteiger partial charge in [-0.3, -0.25) is 9.59 Å². The maximum atomic E-state index is 12.7. The number of Topliss-reactive ketones (excluding diaryl/α,β-unsaturated/α-hetero) is 1. The van der Waals surface area contributed by atoms with E-state index in [9.17, 15) is 9.59 Å². The van der Waals surface area contributed by atoms with Crippen molar-refractivity contribution < 1.29 is 9.59 Å². The first-order chi connectivity index (χ1) is 12.9. The first-order valence-electron chi connectivity index (χ1n) is 11.7. The van der Waals surface area contributed by atoms with E-state index in [2.05, 4.69) is 26.8 Å². The topological polar surface area (TPSA) is 34.1 Å². The molecule has 0 aromatic rings. The number of unbranched alkanes of at least 4 members (excludes halogenated alkanes) is 3. The van der Waals surface area contributed by atoms with E-state index >= 15 is 0 Å². The molecule has 3 saturated carbocycles. The van der Waals surface area contributed by atoms with Gasteiger partial charge in [-0.25, -0.2) is 0 Å². The van der Waals surface area contributed by atoms with Gasteiger partial charge >= 0.3 is 0 Å². The molecule has 4 rings (SSSR count). The smallest absolute Gasteiger partial charge is 0.155 e. The van der Waals surface area contributed by atoms with Crippen LogP contribution in [0.4, 0.5) is 0 Å². The molecule has 0 N–H and O–H groups in total. The third-order valence-electron chi connectivity index (χ3n) is 9.23. The van der Waals surface area contributed by atoms with Gasteiger partial charge in [0, 0.05) is 18.3 Å². The molecule has 3 fully saturated rings. The van der Waals surface area contributed by atoms with Crippen LogP contribution in [0.1, 0.15) is 97.8 Å². The van der Waals surface area contributed by atoms with Crippen LogP contribution in [0.3, 0.4) is 0 Å². The van der Waals surface area contributed by atoms with Gasteiger partial charge in [-0.1, -0.05) is 52.0 Å². The zero-order valence-corrected chi connectivity index (χ0v) is 17.7. The van der Waals surface area contributed by atoms with Crippen LogP contribution in [0.5, 0.6) is 0 Å². The first-order valence-corrected chi connectivity index (χ1v) is 11.7. The van der Waals surface area contributed by atoms with E-state index in [1.807, 2.05) is 0 Å². The van der Waals surface area contributed by atoms with E-state index in [4.69, 9.17) is 0 Å². The van der Waals surface area contributed by atoms with Gasteiger partial charge in [0.25, 0.3) is 0 Å². The van der Waals surface area contributed by atoms with Gasteiger partial charge in [-0.2, -0.15) is 0 Å². The minimum Gasteiger partial charge on any atom is -0.299 e. The summed E-state index contributed by atoms with van der Waals surface area (Å²) in [5, 5.41) is 0. The Morgan fingerprint density at radius 1 is 0.963 bits per heavy atom. The molecular weight excluding hydrogens is 332 g/mol. The molecule has 0 radical (unpaired) electrons. The van der Waals surface area contributed by atoms with Gasteiger partial charge in [0.05, 0.1) is 0 Å². The van der Waals surface area contributed by atoms with E-state index in [0.717, 1.165) is 32.1 Å². The third kappa shape index (κ3) is 3.06. The molecule has 0 aromatic carbocycles. The molecule has 0 heterocycles. The van der Waals surface area contributed by atoms with Crippen LogP contribution in [0.15, 0.2) is 11.6 Å². The van der Waals surface area contributed by atoms with Crippen molar-refractivity contribution in [1.82, 2.24) is 0 Å². The van der Waals surface area contributed by atoms with Gasteiger partial charge in [0.2, 0.25) is 0 Å². The summed E-state index contributed by atoms with van der Waals surface area (Å²) in [5.41, 5.74) is 1.67. The van der Waals surface area contributed by atoms with Crippen molar-refractivity contribution in [3.8, 4) is 0 Å². The lowest BCUT2D eigenvalue weighted by atomic mass is 9.45. The molecule has 0 amide bonds. The molecule has 0 aromatic heterocycles. The average Bonchev–Trinajstić information content (AvgIpc) is 2.95. The second-order valence-electron chi connectivity index (χ2n) is 10.6. The normalized spacial score (nSPS) is 43.7. The predicted molar refractivity (Wildman–Crippen MR) is 109 cm³/mol. The van der Waals surface area contributed by atoms with Crippen LogP contribution in [-0.4, -0.2) is 11.6 Å². The molecular formula is C25H38O2. The van der Waals surface area contributed by atoms with E-state index < -0.39 is 0 Å². The van der Waals surface area contributed by atoms with Gasteiger partial charge in [0.1, 0.15) is 5.78 Å². The highest BCUT2D eigenvalue weighted by Gasteiger charge is 2.60. The minimum atomic E-state index is -0.0456. The summed E-state index contributed by atoms with van der Waals surface area (Å²) in [6.07, 6.45) is 15.7.